The molecule has 3 N–H and O–H groups in total. The van der Waals surface area contributed by atoms with Crippen LogP contribution in [0.25, 0.3) is 10.1 Å². The zero-order chi connectivity index (χ0) is 13.4. The van der Waals surface area contributed by atoms with Gasteiger partial charge in [-0.3, -0.25) is 0 Å². The maximum Gasteiger partial charge on any atom is 0.0532 e. The molecule has 1 heterocycles. The molecule has 1 aromatic heterocycles. The van der Waals surface area contributed by atoms with Crippen LogP contribution in [0.1, 0.15) is 5.56 Å². The molecule has 96 valence electrons. The number of hydrogen-bond acceptors (Lipinski definition) is 3. The third-order valence-electron chi connectivity index (χ3n) is 3.09. The molecule has 2 aromatic carbocycles. The summed E-state index contributed by atoms with van der Waals surface area (Å²) in [5, 5.41) is 6.80. The smallest absolute Gasteiger partial charge is 0.0532 e. The molecule has 0 aliphatic carbocycles. The highest BCUT2D eigenvalue weighted by Crippen LogP contribution is 2.32. The van der Waals surface area contributed by atoms with Crippen LogP contribution in [0, 0.1) is 6.92 Å². The fraction of sp³-hybridized carbons (Fsp3) is 0.0667. The van der Waals surface area contributed by atoms with Crippen LogP contribution >= 0.6 is 27.3 Å². The molecular weight excluding hydrogens is 320 g/mol. The molecule has 0 atom stereocenters. The maximum atomic E-state index is 5.89. The first-order valence-corrected chi connectivity index (χ1v) is 7.60. The molecule has 0 aliphatic heterocycles. The lowest BCUT2D eigenvalue weighted by molar-refractivity contribution is 1.43. The molecule has 0 bridgehead atoms. The first kappa shape index (κ1) is 12.5. The molecule has 3 aromatic rings. The van der Waals surface area contributed by atoms with Crippen molar-refractivity contribution in [3.63, 3.8) is 0 Å². The van der Waals surface area contributed by atoms with Crippen molar-refractivity contribution in [2.75, 3.05) is 11.1 Å². The summed E-state index contributed by atoms with van der Waals surface area (Å²) in [5.41, 5.74) is 9.86. The van der Waals surface area contributed by atoms with Crippen LogP contribution < -0.4 is 11.1 Å². The summed E-state index contributed by atoms with van der Waals surface area (Å²) >= 11 is 5.30. The van der Waals surface area contributed by atoms with Gasteiger partial charge < -0.3 is 11.1 Å². The summed E-state index contributed by atoms with van der Waals surface area (Å²) in [6, 6.07) is 12.5. The standard InChI is InChI=1S/C15H13BrN2S/c1-9-6-14(12(16)8-13(9)17)18-11-2-3-15-10(7-11)4-5-19-15/h2-8,18H,17H2,1H3. The maximum absolute atomic E-state index is 5.89. The number of aryl methyl sites for hydroxylation is 1. The Labute approximate surface area is 124 Å². The molecule has 0 saturated heterocycles. The zero-order valence-corrected chi connectivity index (χ0v) is 12.8. The van der Waals surface area contributed by atoms with Gasteiger partial charge in [0.25, 0.3) is 0 Å². The molecule has 0 fully saturated rings. The number of anilines is 3. The van der Waals surface area contributed by atoms with E-state index >= 15 is 0 Å². The van der Waals surface area contributed by atoms with E-state index in [1.165, 1.54) is 10.1 Å². The lowest BCUT2D eigenvalue weighted by Crippen LogP contribution is -1.95. The minimum absolute atomic E-state index is 0.797. The number of halogens is 1. The number of rotatable bonds is 2. The third kappa shape index (κ3) is 2.46. The topological polar surface area (TPSA) is 38.0 Å². The van der Waals surface area contributed by atoms with Crippen LogP contribution in [0.3, 0.4) is 0 Å². The number of nitrogen functional groups attached to an aromatic ring is 1. The molecule has 4 heteroatoms. The number of fused-ring (bicyclic) bond motifs is 1. The van der Waals surface area contributed by atoms with Gasteiger partial charge in [0.05, 0.1) is 5.69 Å². The van der Waals surface area contributed by atoms with Gasteiger partial charge in [-0.15, -0.1) is 11.3 Å². The molecule has 0 amide bonds. The van der Waals surface area contributed by atoms with Crippen molar-refractivity contribution in [2.45, 2.75) is 6.92 Å². The van der Waals surface area contributed by atoms with Gasteiger partial charge in [0.1, 0.15) is 0 Å². The van der Waals surface area contributed by atoms with Crippen LogP contribution in [0.5, 0.6) is 0 Å². The molecular formula is C15H13BrN2S. The van der Waals surface area contributed by atoms with Gasteiger partial charge in [0, 0.05) is 20.5 Å². The van der Waals surface area contributed by atoms with Gasteiger partial charge in [-0.1, -0.05) is 0 Å². The van der Waals surface area contributed by atoms with E-state index in [4.69, 9.17) is 5.73 Å². The first-order valence-electron chi connectivity index (χ1n) is 5.93. The van der Waals surface area contributed by atoms with Crippen molar-refractivity contribution in [1.82, 2.24) is 0 Å². The Bertz CT molecular complexity index is 749. The number of hydrogen-bond donors (Lipinski definition) is 2. The SMILES string of the molecule is Cc1cc(Nc2ccc3sccc3c2)c(Br)cc1N. The minimum atomic E-state index is 0.797. The average Bonchev–Trinajstić information content (AvgIpc) is 2.83. The Balaban J connectivity index is 1.98. The number of benzene rings is 2. The Hall–Kier alpha value is -1.52. The summed E-state index contributed by atoms with van der Waals surface area (Å²) in [6.07, 6.45) is 0. The van der Waals surface area contributed by atoms with E-state index < -0.39 is 0 Å². The Kier molecular flexibility index (Phi) is 3.21. The molecule has 3 rings (SSSR count). The van der Waals surface area contributed by atoms with E-state index in [0.29, 0.717) is 0 Å². The monoisotopic (exact) mass is 332 g/mol. The predicted molar refractivity (Wildman–Crippen MR) is 88.4 cm³/mol. The Morgan fingerprint density at radius 2 is 2.00 bits per heavy atom. The molecule has 0 spiro atoms. The molecule has 19 heavy (non-hydrogen) atoms. The van der Waals surface area contributed by atoms with E-state index in [1.54, 1.807) is 11.3 Å². The highest BCUT2D eigenvalue weighted by molar-refractivity contribution is 9.10. The van der Waals surface area contributed by atoms with Crippen molar-refractivity contribution in [1.29, 1.82) is 0 Å². The molecule has 0 unspecified atom stereocenters. The zero-order valence-electron chi connectivity index (χ0n) is 10.4. The van der Waals surface area contributed by atoms with E-state index in [1.807, 2.05) is 13.0 Å². The summed E-state index contributed by atoms with van der Waals surface area (Å²) in [5.74, 6) is 0. The fourth-order valence-electron chi connectivity index (χ4n) is 1.99. The van der Waals surface area contributed by atoms with Crippen molar-refractivity contribution < 1.29 is 0 Å². The van der Waals surface area contributed by atoms with E-state index in [9.17, 15) is 0 Å². The highest BCUT2D eigenvalue weighted by Gasteiger charge is 2.05. The summed E-state index contributed by atoms with van der Waals surface area (Å²) in [6.45, 7) is 2.01. The first-order chi connectivity index (χ1) is 9.13. The fourth-order valence-corrected chi connectivity index (χ4v) is 3.22. The van der Waals surface area contributed by atoms with Gasteiger partial charge in [-0.2, -0.15) is 0 Å². The van der Waals surface area contributed by atoms with Gasteiger partial charge in [0.15, 0.2) is 0 Å². The second-order valence-corrected chi connectivity index (χ2v) is 6.29. The number of nitrogens with two attached hydrogens (primary N) is 1. The molecule has 0 saturated carbocycles. The Morgan fingerprint density at radius 3 is 2.84 bits per heavy atom. The van der Waals surface area contributed by atoms with Crippen molar-refractivity contribution >= 4 is 54.4 Å². The minimum Gasteiger partial charge on any atom is -0.398 e. The van der Waals surface area contributed by atoms with E-state index in [-0.39, 0.29) is 0 Å². The van der Waals surface area contributed by atoms with E-state index in [2.05, 4.69) is 57.0 Å². The second kappa shape index (κ2) is 4.87. The van der Waals surface area contributed by atoms with Crippen LogP contribution in [-0.2, 0) is 0 Å². The largest absolute Gasteiger partial charge is 0.398 e. The van der Waals surface area contributed by atoms with Gasteiger partial charge in [-0.25, -0.2) is 0 Å². The molecule has 0 radical (unpaired) electrons. The quantitative estimate of drug-likeness (QED) is 0.625. The van der Waals surface area contributed by atoms with Gasteiger partial charge in [0.2, 0.25) is 0 Å². The molecule has 0 aliphatic rings. The Morgan fingerprint density at radius 1 is 1.16 bits per heavy atom. The van der Waals surface area contributed by atoms with Gasteiger partial charge in [-0.05, 0) is 75.6 Å². The van der Waals surface area contributed by atoms with Crippen molar-refractivity contribution in [3.8, 4) is 0 Å². The second-order valence-electron chi connectivity index (χ2n) is 4.49. The van der Waals surface area contributed by atoms with Crippen molar-refractivity contribution in [3.05, 3.63) is 51.8 Å². The van der Waals surface area contributed by atoms with Crippen molar-refractivity contribution in [2.24, 2.45) is 0 Å². The van der Waals surface area contributed by atoms with Crippen LogP contribution in [-0.4, -0.2) is 0 Å². The van der Waals surface area contributed by atoms with Gasteiger partial charge >= 0.3 is 0 Å². The lowest BCUT2D eigenvalue weighted by atomic mass is 10.1. The van der Waals surface area contributed by atoms with Crippen LogP contribution in [0.15, 0.2) is 46.3 Å². The van der Waals surface area contributed by atoms with E-state index in [0.717, 1.165) is 27.1 Å². The average molecular weight is 333 g/mol. The third-order valence-corrected chi connectivity index (χ3v) is 4.64. The molecule has 2 nitrogen and oxygen atoms in total. The number of nitrogens with one attached hydrogen (secondary N) is 1. The number of thiophene rings is 1. The lowest BCUT2D eigenvalue weighted by Gasteiger charge is -2.11. The van der Waals surface area contributed by atoms with Crippen LogP contribution in [0.2, 0.25) is 0 Å². The summed E-state index contributed by atoms with van der Waals surface area (Å²) < 4.78 is 2.28. The summed E-state index contributed by atoms with van der Waals surface area (Å²) in [4.78, 5) is 0. The van der Waals surface area contributed by atoms with Crippen LogP contribution in [0.4, 0.5) is 17.1 Å². The normalized spacial score (nSPS) is 10.8. The highest BCUT2D eigenvalue weighted by atomic mass is 79.9. The predicted octanol–water partition coefficient (Wildman–Crippen LogP) is 5.30. The summed E-state index contributed by atoms with van der Waals surface area (Å²) in [7, 11) is 0.